The molecule has 0 aromatic heterocycles. The Kier molecular flexibility index (Phi) is 3.31. The highest BCUT2D eigenvalue weighted by atomic mass is 32.2. The number of urea groups is 1. The van der Waals surface area contributed by atoms with E-state index in [-0.39, 0.29) is 11.8 Å². The fourth-order valence-electron chi connectivity index (χ4n) is 2.79. The number of aromatic hydroxyl groups is 1. The number of phenols is 1. The van der Waals surface area contributed by atoms with Gasteiger partial charge in [0, 0.05) is 19.2 Å². The normalized spacial score (nSPS) is 20.6. The summed E-state index contributed by atoms with van der Waals surface area (Å²) in [6.45, 7) is 0. The van der Waals surface area contributed by atoms with Crippen LogP contribution in [0.3, 0.4) is 0 Å². The van der Waals surface area contributed by atoms with Crippen molar-refractivity contribution < 1.29 is 9.90 Å². The quantitative estimate of drug-likeness (QED) is 0.798. The summed E-state index contributed by atoms with van der Waals surface area (Å²) in [5.41, 5.74) is 0.794. The number of anilines is 1. The van der Waals surface area contributed by atoms with E-state index in [2.05, 4.69) is 0 Å². The largest absolute Gasteiger partial charge is 0.508 e. The lowest BCUT2D eigenvalue weighted by Crippen LogP contribution is -2.46. The van der Waals surface area contributed by atoms with Crippen LogP contribution in [0.15, 0.2) is 23.1 Å². The van der Waals surface area contributed by atoms with Crippen LogP contribution in [0.2, 0.25) is 0 Å². The smallest absolute Gasteiger partial charge is 0.334 e. The number of benzene rings is 1. The standard InChI is InChI=1S/C14H18N2O2S/c1-15-12-9-11(17)7-8-13(12)19-16(14(15)18)10-5-3-2-4-6-10/h7-10,17H,2-6H2,1H3. The van der Waals surface area contributed by atoms with Gasteiger partial charge < -0.3 is 5.11 Å². The zero-order valence-corrected chi connectivity index (χ0v) is 11.8. The van der Waals surface area contributed by atoms with Gasteiger partial charge in [-0.25, -0.2) is 4.79 Å². The van der Waals surface area contributed by atoms with Crippen molar-refractivity contribution in [1.29, 1.82) is 0 Å². The second-order valence-corrected chi connectivity index (χ2v) is 6.22. The maximum Gasteiger partial charge on any atom is 0.334 e. The first-order chi connectivity index (χ1) is 9.16. The Labute approximate surface area is 117 Å². The molecule has 1 aliphatic carbocycles. The molecule has 1 heterocycles. The first kappa shape index (κ1) is 12.7. The molecule has 5 heteroatoms. The maximum absolute atomic E-state index is 12.4. The Bertz CT molecular complexity index is 500. The minimum atomic E-state index is 0.0231. The molecule has 1 fully saturated rings. The van der Waals surface area contributed by atoms with Gasteiger partial charge in [0.25, 0.3) is 0 Å². The topological polar surface area (TPSA) is 43.8 Å². The first-order valence-corrected chi connectivity index (χ1v) is 7.52. The van der Waals surface area contributed by atoms with Crippen molar-refractivity contribution in [2.45, 2.75) is 43.0 Å². The molecule has 2 amide bonds. The molecule has 0 unspecified atom stereocenters. The summed E-state index contributed by atoms with van der Waals surface area (Å²) >= 11 is 1.52. The number of carbonyl (C=O) groups excluding carboxylic acids is 1. The molecule has 3 rings (SSSR count). The Morgan fingerprint density at radius 3 is 2.74 bits per heavy atom. The van der Waals surface area contributed by atoms with Crippen LogP contribution in [-0.4, -0.2) is 28.5 Å². The van der Waals surface area contributed by atoms with Gasteiger partial charge in [-0.15, -0.1) is 0 Å². The zero-order valence-electron chi connectivity index (χ0n) is 11.0. The highest BCUT2D eigenvalue weighted by Crippen LogP contribution is 2.42. The summed E-state index contributed by atoms with van der Waals surface area (Å²) in [5, 5.41) is 9.55. The number of fused-ring (bicyclic) bond motifs is 1. The zero-order chi connectivity index (χ0) is 13.4. The van der Waals surface area contributed by atoms with E-state index in [1.165, 1.54) is 31.2 Å². The molecule has 1 aliphatic heterocycles. The van der Waals surface area contributed by atoms with E-state index in [0.29, 0.717) is 6.04 Å². The van der Waals surface area contributed by atoms with Crippen molar-refractivity contribution in [3.05, 3.63) is 18.2 Å². The highest BCUT2D eigenvalue weighted by molar-refractivity contribution is 7.97. The molecule has 1 saturated carbocycles. The van der Waals surface area contributed by atoms with Crippen molar-refractivity contribution in [2.24, 2.45) is 0 Å². The number of nitrogens with zero attached hydrogens (tertiary/aromatic N) is 2. The summed E-state index contributed by atoms with van der Waals surface area (Å²) in [6, 6.07) is 5.58. The second-order valence-electron chi connectivity index (χ2n) is 5.20. The van der Waals surface area contributed by atoms with E-state index in [1.54, 1.807) is 24.1 Å². The number of hydrogen-bond donors (Lipinski definition) is 1. The van der Waals surface area contributed by atoms with Crippen LogP contribution in [0.4, 0.5) is 10.5 Å². The number of hydrogen-bond acceptors (Lipinski definition) is 3. The molecule has 0 saturated heterocycles. The van der Waals surface area contributed by atoms with Crippen LogP contribution < -0.4 is 4.90 Å². The van der Waals surface area contributed by atoms with Crippen molar-refractivity contribution in [3.8, 4) is 5.75 Å². The van der Waals surface area contributed by atoms with Gasteiger partial charge in [-0.1, -0.05) is 19.3 Å². The Morgan fingerprint density at radius 2 is 2.00 bits per heavy atom. The molecular formula is C14H18N2O2S. The lowest BCUT2D eigenvalue weighted by atomic mass is 9.95. The predicted molar refractivity (Wildman–Crippen MR) is 76.5 cm³/mol. The van der Waals surface area contributed by atoms with E-state index in [1.807, 2.05) is 10.4 Å². The molecular weight excluding hydrogens is 260 g/mol. The van der Waals surface area contributed by atoms with Gasteiger partial charge in [0.2, 0.25) is 0 Å². The Balaban J connectivity index is 1.89. The molecule has 1 N–H and O–H groups in total. The summed E-state index contributed by atoms with van der Waals surface area (Å²) in [7, 11) is 1.77. The molecule has 1 aromatic carbocycles. The van der Waals surface area contributed by atoms with Gasteiger partial charge in [-0.2, -0.15) is 0 Å². The molecule has 4 nitrogen and oxygen atoms in total. The molecule has 0 atom stereocenters. The van der Waals surface area contributed by atoms with Crippen LogP contribution >= 0.6 is 11.9 Å². The first-order valence-electron chi connectivity index (χ1n) is 6.75. The van der Waals surface area contributed by atoms with E-state index in [9.17, 15) is 9.90 Å². The van der Waals surface area contributed by atoms with Crippen molar-refractivity contribution in [3.63, 3.8) is 0 Å². The number of rotatable bonds is 1. The second kappa shape index (κ2) is 4.96. The molecule has 1 aromatic rings. The summed E-state index contributed by atoms with van der Waals surface area (Å²) < 4.78 is 1.92. The molecule has 19 heavy (non-hydrogen) atoms. The average molecular weight is 278 g/mol. The van der Waals surface area contributed by atoms with E-state index < -0.39 is 0 Å². The SMILES string of the molecule is CN1C(=O)N(C2CCCCC2)Sc2ccc(O)cc21. The third kappa shape index (κ3) is 2.27. The Morgan fingerprint density at radius 1 is 1.26 bits per heavy atom. The van der Waals surface area contributed by atoms with Gasteiger partial charge in [0.15, 0.2) is 0 Å². The van der Waals surface area contributed by atoms with Crippen molar-refractivity contribution in [2.75, 3.05) is 11.9 Å². The monoisotopic (exact) mass is 278 g/mol. The minimum Gasteiger partial charge on any atom is -0.508 e. The fourth-order valence-corrected chi connectivity index (χ4v) is 3.98. The van der Waals surface area contributed by atoms with Gasteiger partial charge in [-0.05, 0) is 36.9 Å². The third-order valence-corrected chi connectivity index (χ3v) is 5.08. The summed E-state index contributed by atoms with van der Waals surface area (Å²) in [4.78, 5) is 15.1. The average Bonchev–Trinajstić information content (AvgIpc) is 2.44. The number of amides is 2. The Hall–Kier alpha value is -1.36. The maximum atomic E-state index is 12.4. The predicted octanol–water partition coefficient (Wildman–Crippen LogP) is 3.60. The van der Waals surface area contributed by atoms with Crippen LogP contribution in [-0.2, 0) is 0 Å². The van der Waals surface area contributed by atoms with Gasteiger partial charge in [-0.3, -0.25) is 9.21 Å². The van der Waals surface area contributed by atoms with Crippen molar-refractivity contribution >= 4 is 23.7 Å². The van der Waals surface area contributed by atoms with E-state index in [0.717, 1.165) is 23.4 Å². The van der Waals surface area contributed by atoms with Gasteiger partial charge in [0.1, 0.15) is 5.75 Å². The number of phenolic OH excluding ortho intramolecular Hbond substituents is 1. The molecule has 102 valence electrons. The summed E-state index contributed by atoms with van der Waals surface area (Å²) in [5.74, 6) is 0.199. The van der Waals surface area contributed by atoms with Crippen LogP contribution in [0, 0.1) is 0 Å². The molecule has 2 aliphatic rings. The van der Waals surface area contributed by atoms with Crippen molar-refractivity contribution in [1.82, 2.24) is 4.31 Å². The lowest BCUT2D eigenvalue weighted by molar-refractivity contribution is 0.211. The molecule has 0 spiro atoms. The van der Waals surface area contributed by atoms with E-state index >= 15 is 0 Å². The molecule has 0 bridgehead atoms. The third-order valence-electron chi connectivity index (χ3n) is 3.88. The summed E-state index contributed by atoms with van der Waals surface area (Å²) in [6.07, 6.45) is 5.89. The van der Waals surface area contributed by atoms with Crippen LogP contribution in [0.1, 0.15) is 32.1 Å². The van der Waals surface area contributed by atoms with Gasteiger partial charge in [0.05, 0.1) is 10.6 Å². The molecule has 0 radical (unpaired) electrons. The van der Waals surface area contributed by atoms with Crippen LogP contribution in [0.25, 0.3) is 0 Å². The van der Waals surface area contributed by atoms with E-state index in [4.69, 9.17) is 0 Å². The number of carbonyl (C=O) groups is 1. The van der Waals surface area contributed by atoms with Gasteiger partial charge >= 0.3 is 6.03 Å². The highest BCUT2D eigenvalue weighted by Gasteiger charge is 2.34. The minimum absolute atomic E-state index is 0.0231. The lowest BCUT2D eigenvalue weighted by Gasteiger charge is -2.39. The van der Waals surface area contributed by atoms with Crippen LogP contribution in [0.5, 0.6) is 5.75 Å². The fraction of sp³-hybridized carbons (Fsp3) is 0.500.